The first-order chi connectivity index (χ1) is 6.75. The van der Waals surface area contributed by atoms with Gasteiger partial charge in [0.2, 0.25) is 0 Å². The molecule has 0 bridgehead atoms. The summed E-state index contributed by atoms with van der Waals surface area (Å²) in [6, 6.07) is 1.89. The molecule has 0 amide bonds. The van der Waals surface area contributed by atoms with Gasteiger partial charge >= 0.3 is 0 Å². The molecule has 0 atom stereocenters. The highest BCUT2D eigenvalue weighted by atomic mass is 79.9. The summed E-state index contributed by atoms with van der Waals surface area (Å²) in [6.45, 7) is 2.43. The second-order valence-corrected chi connectivity index (χ2v) is 4.50. The average Bonchev–Trinajstić information content (AvgIpc) is 2.56. The predicted molar refractivity (Wildman–Crippen MR) is 55.8 cm³/mol. The lowest BCUT2D eigenvalue weighted by molar-refractivity contribution is 0.138. The molecular weight excluding hydrogens is 249 g/mol. The van der Waals surface area contributed by atoms with Crippen LogP contribution < -0.4 is 0 Å². The van der Waals surface area contributed by atoms with Crippen molar-refractivity contribution >= 4 is 15.9 Å². The zero-order valence-electron chi connectivity index (χ0n) is 7.88. The highest BCUT2D eigenvalue weighted by Gasteiger charge is 2.19. The number of halogens is 2. The van der Waals surface area contributed by atoms with Crippen molar-refractivity contribution in [3.05, 3.63) is 22.6 Å². The van der Waals surface area contributed by atoms with Gasteiger partial charge in [-0.3, -0.25) is 4.90 Å². The lowest BCUT2D eigenvalue weighted by Gasteiger charge is -2.27. The van der Waals surface area contributed by atoms with Gasteiger partial charge in [0.1, 0.15) is 11.9 Å². The molecule has 2 rings (SSSR count). The van der Waals surface area contributed by atoms with E-state index < -0.39 is 6.17 Å². The number of rotatable bonds is 2. The van der Waals surface area contributed by atoms with Crippen molar-refractivity contribution in [1.82, 2.24) is 4.90 Å². The Morgan fingerprint density at radius 1 is 1.50 bits per heavy atom. The minimum atomic E-state index is -0.605. The molecule has 0 aliphatic carbocycles. The molecular formula is C10H13BrFNO. The molecule has 0 spiro atoms. The van der Waals surface area contributed by atoms with Gasteiger partial charge in [0.15, 0.2) is 0 Å². The van der Waals surface area contributed by atoms with E-state index in [0.29, 0.717) is 12.8 Å². The van der Waals surface area contributed by atoms with Gasteiger partial charge in [-0.1, -0.05) is 0 Å². The van der Waals surface area contributed by atoms with Crippen molar-refractivity contribution in [2.24, 2.45) is 0 Å². The first-order valence-electron chi connectivity index (χ1n) is 4.84. The number of furan rings is 1. The Balaban J connectivity index is 1.89. The van der Waals surface area contributed by atoms with Crippen LogP contribution in [-0.2, 0) is 6.54 Å². The number of hydrogen-bond donors (Lipinski definition) is 0. The summed E-state index contributed by atoms with van der Waals surface area (Å²) in [4.78, 5) is 2.22. The molecule has 1 aromatic rings. The van der Waals surface area contributed by atoms with Crippen LogP contribution in [0.4, 0.5) is 4.39 Å². The molecule has 1 fully saturated rings. The second-order valence-electron chi connectivity index (χ2n) is 3.64. The summed E-state index contributed by atoms with van der Waals surface area (Å²) in [5.41, 5.74) is 0. The second kappa shape index (κ2) is 4.45. The van der Waals surface area contributed by atoms with Crippen molar-refractivity contribution in [2.75, 3.05) is 13.1 Å². The Bertz CT molecular complexity index is 294. The summed E-state index contributed by atoms with van der Waals surface area (Å²) in [6.07, 6.45) is 2.36. The SMILES string of the molecule is FC1CCN(Cc2occc2Br)CC1. The van der Waals surface area contributed by atoms with Gasteiger partial charge in [-0.2, -0.15) is 0 Å². The molecule has 78 valence electrons. The summed E-state index contributed by atoms with van der Waals surface area (Å²) in [7, 11) is 0. The highest BCUT2D eigenvalue weighted by molar-refractivity contribution is 9.10. The van der Waals surface area contributed by atoms with E-state index in [-0.39, 0.29) is 0 Å². The maximum absolute atomic E-state index is 12.9. The molecule has 0 radical (unpaired) electrons. The fourth-order valence-corrected chi connectivity index (χ4v) is 2.03. The van der Waals surface area contributed by atoms with Crippen LogP contribution in [0.2, 0.25) is 0 Å². The number of likely N-dealkylation sites (tertiary alicyclic amines) is 1. The summed E-state index contributed by atoms with van der Waals surface area (Å²) in [5, 5.41) is 0. The first-order valence-corrected chi connectivity index (χ1v) is 5.63. The fraction of sp³-hybridized carbons (Fsp3) is 0.600. The smallest absolute Gasteiger partial charge is 0.131 e. The first kappa shape index (κ1) is 10.2. The third kappa shape index (κ3) is 2.36. The Hall–Kier alpha value is -0.350. The van der Waals surface area contributed by atoms with E-state index in [2.05, 4.69) is 20.8 Å². The minimum absolute atomic E-state index is 0.605. The van der Waals surface area contributed by atoms with E-state index in [1.165, 1.54) is 0 Å². The van der Waals surface area contributed by atoms with Crippen LogP contribution >= 0.6 is 15.9 Å². The quantitative estimate of drug-likeness (QED) is 0.814. The van der Waals surface area contributed by atoms with Crippen LogP contribution in [-0.4, -0.2) is 24.2 Å². The lowest BCUT2D eigenvalue weighted by atomic mass is 10.1. The van der Waals surface area contributed by atoms with Gasteiger partial charge < -0.3 is 4.42 Å². The van der Waals surface area contributed by atoms with Crippen molar-refractivity contribution in [1.29, 1.82) is 0 Å². The number of piperidine rings is 1. The van der Waals surface area contributed by atoms with Gasteiger partial charge in [0.25, 0.3) is 0 Å². The van der Waals surface area contributed by atoms with E-state index in [9.17, 15) is 4.39 Å². The molecule has 1 saturated heterocycles. The summed E-state index contributed by atoms with van der Waals surface area (Å²) < 4.78 is 19.2. The van der Waals surface area contributed by atoms with Crippen LogP contribution in [0.1, 0.15) is 18.6 Å². The third-order valence-corrected chi connectivity index (χ3v) is 3.28. The van der Waals surface area contributed by atoms with Gasteiger partial charge in [-0.15, -0.1) is 0 Å². The number of alkyl halides is 1. The molecule has 1 aromatic heterocycles. The monoisotopic (exact) mass is 261 g/mol. The van der Waals surface area contributed by atoms with E-state index in [1.54, 1.807) is 6.26 Å². The van der Waals surface area contributed by atoms with Crippen molar-refractivity contribution in [2.45, 2.75) is 25.6 Å². The van der Waals surface area contributed by atoms with E-state index in [0.717, 1.165) is 29.9 Å². The Morgan fingerprint density at radius 3 is 2.79 bits per heavy atom. The van der Waals surface area contributed by atoms with Crippen LogP contribution in [0.5, 0.6) is 0 Å². The highest BCUT2D eigenvalue weighted by Crippen LogP contribution is 2.21. The molecule has 0 N–H and O–H groups in total. The average molecular weight is 262 g/mol. The van der Waals surface area contributed by atoms with Gasteiger partial charge in [-0.25, -0.2) is 4.39 Å². The molecule has 0 unspecified atom stereocenters. The van der Waals surface area contributed by atoms with E-state index >= 15 is 0 Å². The predicted octanol–water partition coefficient (Wildman–Crippen LogP) is 2.98. The van der Waals surface area contributed by atoms with Gasteiger partial charge in [-0.05, 0) is 34.8 Å². The molecule has 0 aromatic carbocycles. The maximum Gasteiger partial charge on any atom is 0.131 e. The van der Waals surface area contributed by atoms with E-state index in [4.69, 9.17) is 4.42 Å². The Kier molecular flexibility index (Phi) is 3.23. The van der Waals surface area contributed by atoms with Crippen LogP contribution in [0.15, 0.2) is 21.2 Å². The summed E-state index contributed by atoms with van der Waals surface area (Å²) >= 11 is 3.41. The molecule has 2 nitrogen and oxygen atoms in total. The molecule has 1 aliphatic rings. The van der Waals surface area contributed by atoms with Gasteiger partial charge in [0.05, 0.1) is 17.3 Å². The Labute approximate surface area is 91.2 Å². The lowest BCUT2D eigenvalue weighted by Crippen LogP contribution is -2.33. The van der Waals surface area contributed by atoms with Crippen molar-refractivity contribution < 1.29 is 8.81 Å². The topological polar surface area (TPSA) is 16.4 Å². The molecule has 1 aliphatic heterocycles. The van der Waals surface area contributed by atoms with Crippen LogP contribution in [0.3, 0.4) is 0 Å². The maximum atomic E-state index is 12.9. The molecule has 14 heavy (non-hydrogen) atoms. The number of hydrogen-bond acceptors (Lipinski definition) is 2. The molecule has 2 heterocycles. The van der Waals surface area contributed by atoms with Crippen LogP contribution in [0.25, 0.3) is 0 Å². The van der Waals surface area contributed by atoms with Crippen molar-refractivity contribution in [3.63, 3.8) is 0 Å². The molecule has 4 heteroatoms. The Morgan fingerprint density at radius 2 is 2.21 bits per heavy atom. The van der Waals surface area contributed by atoms with Crippen molar-refractivity contribution in [3.8, 4) is 0 Å². The van der Waals surface area contributed by atoms with Gasteiger partial charge in [0, 0.05) is 13.1 Å². The standard InChI is InChI=1S/C10H13BrFNO/c11-9-3-6-14-10(9)7-13-4-1-8(12)2-5-13/h3,6,8H,1-2,4-5,7H2. The normalized spacial score (nSPS) is 20.1. The fourth-order valence-electron chi connectivity index (χ4n) is 1.70. The zero-order chi connectivity index (χ0) is 9.97. The summed E-state index contributed by atoms with van der Waals surface area (Å²) in [5.74, 6) is 0.933. The minimum Gasteiger partial charge on any atom is -0.467 e. The molecule has 0 saturated carbocycles. The zero-order valence-corrected chi connectivity index (χ0v) is 9.46. The van der Waals surface area contributed by atoms with E-state index in [1.807, 2.05) is 6.07 Å². The third-order valence-electron chi connectivity index (χ3n) is 2.58. The van der Waals surface area contributed by atoms with Crippen LogP contribution in [0, 0.1) is 0 Å². The number of nitrogens with zero attached hydrogens (tertiary/aromatic N) is 1. The largest absolute Gasteiger partial charge is 0.467 e.